The third-order valence-electron chi connectivity index (χ3n) is 5.87. The molecular weight excluding hydrogens is 334 g/mol. The van der Waals surface area contributed by atoms with Crippen LogP contribution in [0.3, 0.4) is 0 Å². The monoisotopic (exact) mass is 363 g/mol. The Morgan fingerprint density at radius 1 is 1.22 bits per heavy atom. The number of ether oxygens (including phenoxy) is 1. The summed E-state index contributed by atoms with van der Waals surface area (Å²) in [6, 6.07) is 12.5. The van der Waals surface area contributed by atoms with E-state index in [0.29, 0.717) is 11.3 Å². The van der Waals surface area contributed by atoms with Crippen LogP contribution in [0.5, 0.6) is 0 Å². The lowest BCUT2D eigenvalue weighted by molar-refractivity contribution is -0.0794. The van der Waals surface area contributed by atoms with Crippen molar-refractivity contribution in [3.63, 3.8) is 0 Å². The molecule has 2 heterocycles. The molecule has 0 aliphatic heterocycles. The van der Waals surface area contributed by atoms with Gasteiger partial charge in [-0.15, -0.1) is 0 Å². The summed E-state index contributed by atoms with van der Waals surface area (Å²) in [5.41, 5.74) is 2.42. The van der Waals surface area contributed by atoms with Gasteiger partial charge in [-0.2, -0.15) is 0 Å². The normalized spacial score (nSPS) is 23.4. The maximum absolute atomic E-state index is 6.58. The maximum Gasteiger partial charge on any atom is 0.0970 e. The second-order valence-corrected chi connectivity index (χ2v) is 8.67. The molecule has 0 bridgehead atoms. The van der Waals surface area contributed by atoms with Gasteiger partial charge in [-0.1, -0.05) is 38.1 Å². The Kier molecular flexibility index (Phi) is 5.00. The molecule has 4 rings (SSSR count). The van der Waals surface area contributed by atoms with Gasteiger partial charge >= 0.3 is 0 Å². The standard InChI is InChI=1S/C23H29N3O/c1-17(20-9-8-18-6-4-5-7-21(18)25-20)27-22-10-11-23(2,3)14-19(22)15-26-13-12-24-16-26/h4-9,12-13,16-17,19,22H,10-11,14-15H2,1-3H3. The Labute approximate surface area is 161 Å². The number of hydrogen-bond donors (Lipinski definition) is 0. The first-order chi connectivity index (χ1) is 13.0. The summed E-state index contributed by atoms with van der Waals surface area (Å²) in [6.45, 7) is 7.84. The highest BCUT2D eigenvalue weighted by atomic mass is 16.5. The number of nitrogens with zero attached hydrogens (tertiary/aromatic N) is 3. The minimum absolute atomic E-state index is 0.00824. The van der Waals surface area contributed by atoms with Crippen LogP contribution in [0.2, 0.25) is 0 Å². The highest BCUT2D eigenvalue weighted by Gasteiger charge is 2.36. The molecule has 1 aliphatic rings. The molecule has 0 N–H and O–H groups in total. The Morgan fingerprint density at radius 2 is 2.07 bits per heavy atom. The predicted octanol–water partition coefficient (Wildman–Crippen LogP) is 5.40. The molecule has 142 valence electrons. The van der Waals surface area contributed by atoms with E-state index in [1.54, 1.807) is 0 Å². The van der Waals surface area contributed by atoms with Gasteiger partial charge in [-0.25, -0.2) is 4.98 Å². The number of rotatable bonds is 5. The summed E-state index contributed by atoms with van der Waals surface area (Å²) >= 11 is 0. The average Bonchev–Trinajstić information content (AvgIpc) is 3.16. The summed E-state index contributed by atoms with van der Waals surface area (Å²) in [5, 5.41) is 1.17. The quantitative estimate of drug-likeness (QED) is 0.609. The zero-order chi connectivity index (χ0) is 18.9. The second-order valence-electron chi connectivity index (χ2n) is 8.67. The zero-order valence-corrected chi connectivity index (χ0v) is 16.5. The fraction of sp³-hybridized carbons (Fsp3) is 0.478. The molecule has 1 saturated carbocycles. The summed E-state index contributed by atoms with van der Waals surface area (Å²) < 4.78 is 8.77. The van der Waals surface area contributed by atoms with Crippen molar-refractivity contribution in [2.75, 3.05) is 0 Å². The number of pyridine rings is 1. The van der Waals surface area contributed by atoms with Crippen LogP contribution in [-0.4, -0.2) is 20.6 Å². The molecule has 0 radical (unpaired) electrons. The van der Waals surface area contributed by atoms with Gasteiger partial charge in [0.05, 0.1) is 29.7 Å². The van der Waals surface area contributed by atoms with Gasteiger partial charge in [0.1, 0.15) is 0 Å². The summed E-state index contributed by atoms with van der Waals surface area (Å²) in [7, 11) is 0. The molecule has 4 heteroatoms. The summed E-state index contributed by atoms with van der Waals surface area (Å²) in [6.07, 6.45) is 9.54. The molecule has 3 aromatic rings. The van der Waals surface area contributed by atoms with E-state index in [1.807, 2.05) is 30.9 Å². The Morgan fingerprint density at radius 3 is 2.89 bits per heavy atom. The number of fused-ring (bicyclic) bond motifs is 1. The lowest BCUT2D eigenvalue weighted by Crippen LogP contribution is -2.38. The van der Waals surface area contributed by atoms with Gasteiger partial charge in [0, 0.05) is 30.2 Å². The third-order valence-corrected chi connectivity index (χ3v) is 5.87. The number of imidazole rings is 1. The average molecular weight is 364 g/mol. The summed E-state index contributed by atoms with van der Waals surface area (Å²) in [4.78, 5) is 9.03. The van der Waals surface area contributed by atoms with Gasteiger partial charge in [-0.3, -0.25) is 4.98 Å². The molecule has 0 spiro atoms. The molecule has 1 aromatic carbocycles. The number of aromatic nitrogens is 3. The molecule has 1 aliphatic carbocycles. The SMILES string of the molecule is CC(OC1CCC(C)(C)CC1Cn1ccnc1)c1ccc2ccccc2n1. The number of hydrogen-bond acceptors (Lipinski definition) is 3. The van der Waals surface area contributed by atoms with E-state index in [0.717, 1.165) is 24.2 Å². The molecule has 3 atom stereocenters. The van der Waals surface area contributed by atoms with E-state index < -0.39 is 0 Å². The van der Waals surface area contributed by atoms with Crippen molar-refractivity contribution in [3.8, 4) is 0 Å². The van der Waals surface area contributed by atoms with Crippen LogP contribution in [0.1, 0.15) is 51.8 Å². The topological polar surface area (TPSA) is 39.9 Å². The smallest absolute Gasteiger partial charge is 0.0970 e. The third kappa shape index (κ3) is 4.22. The van der Waals surface area contributed by atoms with Crippen molar-refractivity contribution in [2.45, 2.75) is 58.8 Å². The molecule has 0 amide bonds. The fourth-order valence-electron chi connectivity index (χ4n) is 4.38. The molecule has 27 heavy (non-hydrogen) atoms. The lowest BCUT2D eigenvalue weighted by Gasteiger charge is -2.41. The van der Waals surface area contributed by atoms with Crippen LogP contribution in [0.15, 0.2) is 55.1 Å². The van der Waals surface area contributed by atoms with Crippen LogP contribution in [0, 0.1) is 11.3 Å². The van der Waals surface area contributed by atoms with E-state index in [4.69, 9.17) is 9.72 Å². The van der Waals surface area contributed by atoms with Gasteiger partial charge in [0.15, 0.2) is 0 Å². The summed E-state index contributed by atoms with van der Waals surface area (Å²) in [5.74, 6) is 0.492. The first-order valence-corrected chi connectivity index (χ1v) is 9.97. The Bertz CT molecular complexity index is 888. The van der Waals surface area contributed by atoms with Crippen LogP contribution in [0.4, 0.5) is 0 Å². The van der Waals surface area contributed by atoms with Crippen molar-refractivity contribution < 1.29 is 4.74 Å². The van der Waals surface area contributed by atoms with Crippen molar-refractivity contribution >= 4 is 10.9 Å². The van der Waals surface area contributed by atoms with Crippen molar-refractivity contribution in [2.24, 2.45) is 11.3 Å². The van der Waals surface area contributed by atoms with Gasteiger partial charge in [0.25, 0.3) is 0 Å². The van der Waals surface area contributed by atoms with E-state index in [2.05, 4.69) is 54.6 Å². The zero-order valence-electron chi connectivity index (χ0n) is 16.5. The molecule has 1 fully saturated rings. The van der Waals surface area contributed by atoms with E-state index in [9.17, 15) is 0 Å². The Hall–Kier alpha value is -2.20. The van der Waals surface area contributed by atoms with Crippen molar-refractivity contribution in [1.29, 1.82) is 0 Å². The van der Waals surface area contributed by atoms with Gasteiger partial charge in [-0.05, 0) is 43.7 Å². The minimum Gasteiger partial charge on any atom is -0.369 e. The number of benzene rings is 1. The van der Waals surface area contributed by atoms with Crippen molar-refractivity contribution in [1.82, 2.24) is 14.5 Å². The van der Waals surface area contributed by atoms with Crippen LogP contribution in [-0.2, 0) is 11.3 Å². The highest BCUT2D eigenvalue weighted by Crippen LogP contribution is 2.42. The van der Waals surface area contributed by atoms with Crippen LogP contribution < -0.4 is 0 Å². The predicted molar refractivity (Wildman–Crippen MR) is 108 cm³/mol. The molecule has 3 unspecified atom stereocenters. The van der Waals surface area contributed by atoms with E-state index >= 15 is 0 Å². The van der Waals surface area contributed by atoms with Crippen LogP contribution >= 0.6 is 0 Å². The fourth-order valence-corrected chi connectivity index (χ4v) is 4.38. The second kappa shape index (κ2) is 7.43. The van der Waals surface area contributed by atoms with Crippen molar-refractivity contribution in [3.05, 3.63) is 60.8 Å². The molecular formula is C23H29N3O. The molecule has 4 nitrogen and oxygen atoms in total. The minimum atomic E-state index is -0.00824. The largest absolute Gasteiger partial charge is 0.369 e. The van der Waals surface area contributed by atoms with Gasteiger partial charge < -0.3 is 9.30 Å². The molecule has 2 aromatic heterocycles. The first kappa shape index (κ1) is 18.2. The Balaban J connectivity index is 1.51. The van der Waals surface area contributed by atoms with Crippen LogP contribution in [0.25, 0.3) is 10.9 Å². The van der Waals surface area contributed by atoms with Gasteiger partial charge in [0.2, 0.25) is 0 Å². The highest BCUT2D eigenvalue weighted by molar-refractivity contribution is 5.78. The molecule has 0 saturated heterocycles. The lowest BCUT2D eigenvalue weighted by atomic mass is 9.70. The number of para-hydroxylation sites is 1. The van der Waals surface area contributed by atoms with E-state index in [-0.39, 0.29) is 12.2 Å². The van der Waals surface area contributed by atoms with E-state index in [1.165, 1.54) is 18.2 Å². The first-order valence-electron chi connectivity index (χ1n) is 9.97. The maximum atomic E-state index is 6.58.